The van der Waals surface area contributed by atoms with Gasteiger partial charge in [-0.3, -0.25) is 0 Å². The van der Waals surface area contributed by atoms with E-state index in [1.165, 1.54) is 39.1 Å². The summed E-state index contributed by atoms with van der Waals surface area (Å²) in [7, 11) is 0. The Kier molecular flexibility index (Phi) is 6.13. The molecule has 2 aliphatic carbocycles. The molecule has 3 aliphatic rings. The van der Waals surface area contributed by atoms with Crippen LogP contribution in [0, 0.1) is 5.92 Å². The van der Waals surface area contributed by atoms with Crippen molar-refractivity contribution in [1.82, 2.24) is 0 Å². The minimum Gasteiger partial charge on any atom is -0.334 e. The van der Waals surface area contributed by atoms with Gasteiger partial charge in [0.05, 0.1) is 6.04 Å². The predicted molar refractivity (Wildman–Crippen MR) is 136 cm³/mol. The van der Waals surface area contributed by atoms with Crippen molar-refractivity contribution in [3.8, 4) is 0 Å². The molecule has 1 heteroatoms. The summed E-state index contributed by atoms with van der Waals surface area (Å²) in [5, 5.41) is 0. The highest BCUT2D eigenvalue weighted by Crippen LogP contribution is 2.43. The van der Waals surface area contributed by atoms with Gasteiger partial charge in [-0.05, 0) is 66.7 Å². The molecule has 1 aliphatic heterocycles. The van der Waals surface area contributed by atoms with Gasteiger partial charge in [0.1, 0.15) is 0 Å². The molecule has 2 unspecified atom stereocenters. The number of rotatable bonds is 4. The summed E-state index contributed by atoms with van der Waals surface area (Å²) >= 11 is 0. The SMILES string of the molecule is C=CC1=C(/C=C\CC)Cc2c1cccc2N1C(=C)/C=C(C)\C=C/CC2C=C(C)C=CC21. The molecular weight excluding hydrogens is 374 g/mol. The van der Waals surface area contributed by atoms with E-state index in [9.17, 15) is 0 Å². The molecule has 0 saturated carbocycles. The van der Waals surface area contributed by atoms with E-state index in [0.717, 1.165) is 25.0 Å². The summed E-state index contributed by atoms with van der Waals surface area (Å²) in [6.45, 7) is 15.2. The topological polar surface area (TPSA) is 3.24 Å². The highest BCUT2D eigenvalue weighted by molar-refractivity contribution is 5.88. The Balaban J connectivity index is 1.84. The molecule has 1 aromatic rings. The van der Waals surface area contributed by atoms with Crippen LogP contribution in [0.15, 0.2) is 108 Å². The van der Waals surface area contributed by atoms with Gasteiger partial charge in [0.2, 0.25) is 0 Å². The summed E-state index contributed by atoms with van der Waals surface area (Å²) in [4.78, 5) is 2.46. The van der Waals surface area contributed by atoms with Crippen LogP contribution in [0.2, 0.25) is 0 Å². The summed E-state index contributed by atoms with van der Waals surface area (Å²) in [5.41, 5.74) is 10.2. The van der Waals surface area contributed by atoms with Crippen molar-refractivity contribution in [2.75, 3.05) is 4.90 Å². The second-order valence-electron chi connectivity index (χ2n) is 8.75. The lowest BCUT2D eigenvalue weighted by Gasteiger charge is -2.39. The summed E-state index contributed by atoms with van der Waals surface area (Å²) in [6.07, 6.45) is 23.3. The van der Waals surface area contributed by atoms with E-state index in [1.54, 1.807) is 0 Å². The van der Waals surface area contributed by atoms with Gasteiger partial charge in [0.15, 0.2) is 0 Å². The molecular formula is C30H33N. The zero-order valence-electron chi connectivity index (χ0n) is 19.1. The van der Waals surface area contributed by atoms with Gasteiger partial charge in [-0.15, -0.1) is 0 Å². The van der Waals surface area contributed by atoms with Crippen molar-refractivity contribution in [2.45, 2.75) is 46.1 Å². The van der Waals surface area contributed by atoms with Gasteiger partial charge in [0, 0.05) is 23.7 Å². The number of hydrogen-bond donors (Lipinski definition) is 0. The number of nitrogens with zero attached hydrogens (tertiary/aromatic N) is 1. The molecule has 0 saturated heterocycles. The molecule has 1 heterocycles. The minimum atomic E-state index is 0.247. The van der Waals surface area contributed by atoms with Crippen molar-refractivity contribution >= 4 is 11.3 Å². The van der Waals surface area contributed by atoms with Crippen LogP contribution < -0.4 is 4.90 Å². The Hall–Kier alpha value is -3.06. The van der Waals surface area contributed by atoms with Gasteiger partial charge < -0.3 is 4.90 Å². The summed E-state index contributed by atoms with van der Waals surface area (Å²) in [6, 6.07) is 6.93. The van der Waals surface area contributed by atoms with Gasteiger partial charge >= 0.3 is 0 Å². The zero-order valence-corrected chi connectivity index (χ0v) is 19.1. The van der Waals surface area contributed by atoms with Crippen molar-refractivity contribution in [3.05, 3.63) is 120 Å². The lowest BCUT2D eigenvalue weighted by Crippen LogP contribution is -2.39. The molecule has 0 amide bonds. The van der Waals surface area contributed by atoms with Gasteiger partial charge in [-0.25, -0.2) is 0 Å². The fourth-order valence-electron chi connectivity index (χ4n) is 5.02. The minimum absolute atomic E-state index is 0.247. The van der Waals surface area contributed by atoms with Crippen LogP contribution in [0.1, 0.15) is 44.7 Å². The normalized spacial score (nSPS) is 25.9. The fraction of sp³-hybridized carbons (Fsp3) is 0.267. The van der Waals surface area contributed by atoms with Crippen LogP contribution in [0.3, 0.4) is 0 Å². The molecule has 0 N–H and O–H groups in total. The predicted octanol–water partition coefficient (Wildman–Crippen LogP) is 7.88. The van der Waals surface area contributed by atoms with E-state index in [4.69, 9.17) is 0 Å². The smallest absolute Gasteiger partial charge is 0.0591 e. The van der Waals surface area contributed by atoms with Crippen LogP contribution in [0.5, 0.6) is 0 Å². The molecule has 158 valence electrons. The molecule has 1 nitrogen and oxygen atoms in total. The van der Waals surface area contributed by atoms with E-state index in [2.05, 4.69) is 106 Å². The quantitative estimate of drug-likeness (QED) is 0.491. The average molecular weight is 408 g/mol. The number of benzene rings is 1. The second kappa shape index (κ2) is 8.98. The molecule has 0 spiro atoms. The van der Waals surface area contributed by atoms with E-state index in [1.807, 2.05) is 6.08 Å². The maximum atomic E-state index is 4.52. The van der Waals surface area contributed by atoms with Gasteiger partial charge in [-0.1, -0.05) is 86.4 Å². The number of hydrogen-bond acceptors (Lipinski definition) is 1. The average Bonchev–Trinajstić information content (AvgIpc) is 3.13. The molecule has 2 atom stereocenters. The fourth-order valence-corrected chi connectivity index (χ4v) is 5.02. The van der Waals surface area contributed by atoms with Crippen LogP contribution in [-0.4, -0.2) is 6.04 Å². The summed E-state index contributed by atoms with van der Waals surface area (Å²) in [5.74, 6) is 0.417. The lowest BCUT2D eigenvalue weighted by atomic mass is 9.87. The lowest BCUT2D eigenvalue weighted by molar-refractivity contribution is 0.554. The van der Waals surface area contributed by atoms with Gasteiger partial charge in [-0.2, -0.15) is 0 Å². The van der Waals surface area contributed by atoms with E-state index in [-0.39, 0.29) is 6.04 Å². The van der Waals surface area contributed by atoms with Crippen LogP contribution >= 0.6 is 0 Å². The van der Waals surface area contributed by atoms with Crippen molar-refractivity contribution in [3.63, 3.8) is 0 Å². The van der Waals surface area contributed by atoms with Crippen molar-refractivity contribution in [1.29, 1.82) is 0 Å². The molecule has 0 radical (unpaired) electrons. The highest BCUT2D eigenvalue weighted by atomic mass is 15.2. The maximum Gasteiger partial charge on any atom is 0.0591 e. The molecule has 31 heavy (non-hydrogen) atoms. The Morgan fingerprint density at radius 3 is 2.77 bits per heavy atom. The first kappa shape index (κ1) is 21.2. The van der Waals surface area contributed by atoms with Crippen molar-refractivity contribution in [2.24, 2.45) is 5.92 Å². The first-order valence-corrected chi connectivity index (χ1v) is 11.4. The first-order valence-electron chi connectivity index (χ1n) is 11.4. The molecule has 4 rings (SSSR count). The monoisotopic (exact) mass is 407 g/mol. The van der Waals surface area contributed by atoms with E-state index in [0.29, 0.717) is 5.92 Å². The maximum absolute atomic E-state index is 4.52. The number of fused-ring (bicyclic) bond motifs is 2. The number of anilines is 1. The van der Waals surface area contributed by atoms with E-state index < -0.39 is 0 Å². The van der Waals surface area contributed by atoms with Gasteiger partial charge in [0.25, 0.3) is 0 Å². The second-order valence-corrected chi connectivity index (χ2v) is 8.75. The first-order chi connectivity index (χ1) is 15.0. The third kappa shape index (κ3) is 4.10. The van der Waals surface area contributed by atoms with E-state index >= 15 is 0 Å². The summed E-state index contributed by atoms with van der Waals surface area (Å²) < 4.78 is 0. The molecule has 0 aromatic heterocycles. The van der Waals surface area contributed by atoms with Crippen LogP contribution in [0.4, 0.5) is 5.69 Å². The standard InChI is InChI=1S/C30H33N/c1-6-8-12-24-20-28-27(26(24)7-2)14-10-15-30(28)31-23(5)18-21(3)11-9-13-25-19-22(4)16-17-29(25)31/h7-12,14-19,25,29H,2,5-6,13,20H2,1,3-4H3/b11-9-,12-8-,21-18-. The Labute approximate surface area is 187 Å². The highest BCUT2D eigenvalue weighted by Gasteiger charge is 2.31. The zero-order chi connectivity index (χ0) is 22.0. The molecule has 1 aromatic carbocycles. The Morgan fingerprint density at radius 1 is 1.16 bits per heavy atom. The Morgan fingerprint density at radius 2 is 2.00 bits per heavy atom. The van der Waals surface area contributed by atoms with Crippen LogP contribution in [-0.2, 0) is 6.42 Å². The molecule has 0 bridgehead atoms. The number of allylic oxidation sites excluding steroid dienone is 11. The molecule has 0 fully saturated rings. The Bertz CT molecular complexity index is 1080. The van der Waals surface area contributed by atoms with Crippen molar-refractivity contribution < 1.29 is 0 Å². The third-order valence-electron chi connectivity index (χ3n) is 6.44. The largest absolute Gasteiger partial charge is 0.334 e. The third-order valence-corrected chi connectivity index (χ3v) is 6.44. The van der Waals surface area contributed by atoms with Crippen LogP contribution in [0.25, 0.3) is 5.57 Å².